The molecular formula is C57H96N6S3. The van der Waals surface area contributed by atoms with Crippen LogP contribution in [0.2, 0.25) is 0 Å². The molecule has 0 aromatic heterocycles. The second-order valence-corrected chi connectivity index (χ2v) is 23.6. The lowest BCUT2D eigenvalue weighted by atomic mass is 9.77. The summed E-state index contributed by atoms with van der Waals surface area (Å²) in [6.07, 6.45) is 19.4. The van der Waals surface area contributed by atoms with Crippen molar-refractivity contribution in [2.24, 2.45) is 35.5 Å². The summed E-state index contributed by atoms with van der Waals surface area (Å²) >= 11 is 18.5. The van der Waals surface area contributed by atoms with Crippen LogP contribution in [0.4, 0.5) is 0 Å². The van der Waals surface area contributed by atoms with Crippen molar-refractivity contribution in [3.8, 4) is 0 Å². The molecule has 372 valence electrons. The number of hydrogen-bond acceptors (Lipinski definition) is 3. The van der Waals surface area contributed by atoms with Crippen molar-refractivity contribution in [1.82, 2.24) is 31.9 Å². The van der Waals surface area contributed by atoms with Crippen LogP contribution in [0, 0.1) is 35.5 Å². The third-order valence-electron chi connectivity index (χ3n) is 14.2. The number of rotatable bonds is 18. The molecule has 2 aromatic rings. The normalized spacial score (nSPS) is 16.0. The van der Waals surface area contributed by atoms with Crippen molar-refractivity contribution >= 4 is 52.0 Å². The molecule has 5 rings (SSSR count). The van der Waals surface area contributed by atoms with Crippen molar-refractivity contribution in [3.63, 3.8) is 0 Å². The van der Waals surface area contributed by atoms with Gasteiger partial charge < -0.3 is 31.9 Å². The SMILES string of the molecule is CC(C)CCc1c2c(CCC(C)C)c3c(CCC(C)C)c1CCNC(=S)NCCc1c(CCC(C)C)c(c(CCC(C)C)c(c1CCC(C)C)CCNC(=S)NCC3)CCNC(=S)NCC2. The Hall–Kier alpha value is -2.49. The number of benzene rings is 2. The van der Waals surface area contributed by atoms with Crippen LogP contribution in [-0.2, 0) is 77.0 Å². The molecule has 0 saturated carbocycles. The zero-order valence-electron chi connectivity index (χ0n) is 44.2. The topological polar surface area (TPSA) is 72.2 Å². The van der Waals surface area contributed by atoms with E-state index in [1.807, 2.05) is 0 Å². The third-order valence-corrected chi connectivity index (χ3v) is 15.0. The van der Waals surface area contributed by atoms with E-state index in [0.717, 1.165) is 132 Å². The summed E-state index contributed by atoms with van der Waals surface area (Å²) < 4.78 is 0. The highest BCUT2D eigenvalue weighted by Crippen LogP contribution is 2.37. The fourth-order valence-electron chi connectivity index (χ4n) is 10.4. The van der Waals surface area contributed by atoms with E-state index in [2.05, 4.69) is 115 Å². The van der Waals surface area contributed by atoms with Gasteiger partial charge in [0, 0.05) is 39.3 Å². The van der Waals surface area contributed by atoms with Gasteiger partial charge in [-0.1, -0.05) is 83.1 Å². The zero-order chi connectivity index (χ0) is 48.3. The molecule has 3 heterocycles. The predicted octanol–water partition coefficient (Wildman–Crippen LogP) is 11.6. The van der Waals surface area contributed by atoms with Gasteiger partial charge >= 0.3 is 0 Å². The van der Waals surface area contributed by atoms with Gasteiger partial charge in [-0.25, -0.2) is 0 Å². The van der Waals surface area contributed by atoms with Gasteiger partial charge in [0.25, 0.3) is 0 Å². The minimum Gasteiger partial charge on any atom is -0.362 e. The monoisotopic (exact) mass is 961 g/mol. The van der Waals surface area contributed by atoms with Gasteiger partial charge in [0.2, 0.25) is 0 Å². The molecule has 0 aliphatic carbocycles. The molecule has 0 saturated heterocycles. The minimum atomic E-state index is 0.620. The first-order valence-corrected chi connectivity index (χ1v) is 28.1. The highest BCUT2D eigenvalue weighted by molar-refractivity contribution is 7.80. The van der Waals surface area contributed by atoms with E-state index in [0.29, 0.717) is 35.5 Å². The molecule has 2 aromatic carbocycles. The summed E-state index contributed by atoms with van der Waals surface area (Å²) in [6, 6.07) is 0. The molecule has 0 unspecified atom stereocenters. The van der Waals surface area contributed by atoms with Crippen LogP contribution in [0.25, 0.3) is 0 Å². The van der Waals surface area contributed by atoms with Crippen LogP contribution < -0.4 is 31.9 Å². The molecule has 3 aliphatic rings. The van der Waals surface area contributed by atoms with Gasteiger partial charge in [-0.05, 0) is 254 Å². The second-order valence-electron chi connectivity index (χ2n) is 22.4. The van der Waals surface area contributed by atoms with Gasteiger partial charge in [-0.2, -0.15) is 0 Å². The van der Waals surface area contributed by atoms with Crippen molar-refractivity contribution in [3.05, 3.63) is 66.8 Å². The molecule has 6 nitrogen and oxygen atoms in total. The number of nitrogens with one attached hydrogen (secondary N) is 6. The summed E-state index contributed by atoms with van der Waals surface area (Å²) in [5.41, 5.74) is 19.0. The van der Waals surface area contributed by atoms with Crippen LogP contribution in [0.3, 0.4) is 0 Å². The average molecular weight is 962 g/mol. The van der Waals surface area contributed by atoms with Crippen molar-refractivity contribution < 1.29 is 0 Å². The van der Waals surface area contributed by atoms with E-state index in [9.17, 15) is 0 Å². The summed E-state index contributed by atoms with van der Waals surface area (Å²) in [4.78, 5) is 0. The van der Waals surface area contributed by atoms with Crippen LogP contribution in [-0.4, -0.2) is 54.6 Å². The molecule has 0 atom stereocenters. The number of hydrogen-bond donors (Lipinski definition) is 6. The van der Waals surface area contributed by atoms with E-state index >= 15 is 0 Å². The smallest absolute Gasteiger partial charge is 0.166 e. The maximum atomic E-state index is 6.18. The molecule has 0 amide bonds. The predicted molar refractivity (Wildman–Crippen MR) is 300 cm³/mol. The lowest BCUT2D eigenvalue weighted by Gasteiger charge is -2.30. The van der Waals surface area contributed by atoms with E-state index < -0.39 is 0 Å². The number of thiocarbonyl (C=S) groups is 3. The highest BCUT2D eigenvalue weighted by atomic mass is 32.1. The fourth-order valence-corrected chi connectivity index (χ4v) is 11.0. The Morgan fingerprint density at radius 3 is 0.530 bits per heavy atom. The van der Waals surface area contributed by atoms with Crippen molar-refractivity contribution in [1.29, 1.82) is 0 Å². The molecule has 6 N–H and O–H groups in total. The molecule has 0 radical (unpaired) electrons. The Morgan fingerprint density at radius 2 is 0.409 bits per heavy atom. The summed E-state index contributed by atoms with van der Waals surface area (Å²) in [7, 11) is 0. The zero-order valence-corrected chi connectivity index (χ0v) is 46.6. The molecule has 3 aliphatic heterocycles. The molecule has 6 bridgehead atoms. The Morgan fingerprint density at radius 1 is 0.273 bits per heavy atom. The maximum absolute atomic E-state index is 6.18. The molecule has 0 fully saturated rings. The van der Waals surface area contributed by atoms with E-state index in [1.165, 1.54) is 38.5 Å². The van der Waals surface area contributed by atoms with Gasteiger partial charge in [-0.15, -0.1) is 0 Å². The Labute approximate surface area is 421 Å². The summed E-state index contributed by atoms with van der Waals surface area (Å²) in [5, 5.41) is 24.9. The van der Waals surface area contributed by atoms with E-state index in [-0.39, 0.29) is 0 Å². The fraction of sp³-hybridized carbons (Fsp3) is 0.737. The quantitative estimate of drug-likeness (QED) is 0.0820. The van der Waals surface area contributed by atoms with Crippen molar-refractivity contribution in [2.45, 2.75) is 199 Å². The van der Waals surface area contributed by atoms with Crippen LogP contribution >= 0.6 is 36.7 Å². The largest absolute Gasteiger partial charge is 0.362 e. The average Bonchev–Trinajstić information content (AvgIpc) is 3.23. The molecular weight excluding hydrogens is 865 g/mol. The van der Waals surface area contributed by atoms with Gasteiger partial charge in [-0.3, -0.25) is 0 Å². The van der Waals surface area contributed by atoms with E-state index in [4.69, 9.17) is 36.7 Å². The summed E-state index contributed by atoms with van der Waals surface area (Å²) in [6.45, 7) is 33.5. The highest BCUT2D eigenvalue weighted by Gasteiger charge is 2.27. The second kappa shape index (κ2) is 28.9. The minimum absolute atomic E-state index is 0.620. The first-order valence-electron chi connectivity index (χ1n) is 26.9. The maximum Gasteiger partial charge on any atom is 0.166 e. The van der Waals surface area contributed by atoms with Crippen LogP contribution in [0.15, 0.2) is 0 Å². The first kappa shape index (κ1) is 56.1. The Kier molecular flexibility index (Phi) is 24.5. The Balaban J connectivity index is 2.02. The third kappa shape index (κ3) is 18.1. The van der Waals surface area contributed by atoms with Gasteiger partial charge in [0.1, 0.15) is 0 Å². The van der Waals surface area contributed by atoms with Crippen molar-refractivity contribution in [2.75, 3.05) is 39.3 Å². The lowest BCUT2D eigenvalue weighted by Crippen LogP contribution is -2.39. The van der Waals surface area contributed by atoms with Crippen LogP contribution in [0.5, 0.6) is 0 Å². The summed E-state index contributed by atoms with van der Waals surface area (Å²) in [5.74, 6) is 3.72. The molecule has 9 heteroatoms. The number of fused-ring (bicyclic) bond motifs is 18. The van der Waals surface area contributed by atoms with Gasteiger partial charge in [0.05, 0.1) is 0 Å². The molecule has 66 heavy (non-hydrogen) atoms. The van der Waals surface area contributed by atoms with E-state index in [1.54, 1.807) is 66.8 Å². The van der Waals surface area contributed by atoms with Crippen LogP contribution in [0.1, 0.15) is 188 Å². The first-order chi connectivity index (χ1) is 31.5. The molecule has 0 spiro atoms. The standard InChI is InChI=1S/C57H96N6S3/c1-37(2)13-19-43-49-25-31-58-55(64)61-34-28-52-46(22-16-40(7)8)53-29-35-62-56(65)59-32-26-50(43)45(21-15-39(5)6)51(44(49)20-14-38(3)4)27-33-60-57(66)63-36-30-54(47(52)23-17-41(9)10)48(53)24-18-42(11)12/h37-42H,13-36H2,1-12H3,(H2,58,61,64)(H2,59,62,65)(H2,60,63,66). The Bertz CT molecular complexity index is 1480. The van der Waals surface area contributed by atoms with Gasteiger partial charge in [0.15, 0.2) is 15.3 Å². The lowest BCUT2D eigenvalue weighted by molar-refractivity contribution is 0.563.